The molecule has 1 atom stereocenters. The molecule has 0 bridgehead atoms. The van der Waals surface area contributed by atoms with Crippen LogP contribution in [-0.4, -0.2) is 24.2 Å². The van der Waals surface area contributed by atoms with Crippen LogP contribution in [0.3, 0.4) is 0 Å². The molecule has 1 unspecified atom stereocenters. The smallest absolute Gasteiger partial charge is 0.305 e. The minimum atomic E-state index is -0.133. The fourth-order valence-corrected chi connectivity index (χ4v) is 2.31. The molecule has 0 spiro atoms. The summed E-state index contributed by atoms with van der Waals surface area (Å²) in [5.74, 6) is -0.133. The van der Waals surface area contributed by atoms with Gasteiger partial charge < -0.3 is 14.6 Å². The van der Waals surface area contributed by atoms with Gasteiger partial charge in [-0.2, -0.15) is 0 Å². The van der Waals surface area contributed by atoms with Gasteiger partial charge in [-0.1, -0.05) is 20.3 Å². The Hall–Kier alpha value is -1.29. The minimum Gasteiger partial charge on any atom is -0.469 e. The van der Waals surface area contributed by atoms with Gasteiger partial charge in [0.2, 0.25) is 0 Å². The third-order valence-electron chi connectivity index (χ3n) is 3.42. The summed E-state index contributed by atoms with van der Waals surface area (Å²) in [6.45, 7) is 6.32. The third-order valence-corrected chi connectivity index (χ3v) is 3.42. The van der Waals surface area contributed by atoms with E-state index in [0.29, 0.717) is 12.5 Å². The summed E-state index contributed by atoms with van der Waals surface area (Å²) >= 11 is 0. The van der Waals surface area contributed by atoms with Crippen LogP contribution in [0.2, 0.25) is 0 Å². The van der Waals surface area contributed by atoms with Gasteiger partial charge in [-0.25, -0.2) is 0 Å². The zero-order chi connectivity index (χ0) is 14.8. The maximum absolute atomic E-state index is 11.1. The Bertz CT molecular complexity index is 388. The number of aromatic nitrogens is 1. The van der Waals surface area contributed by atoms with Gasteiger partial charge in [-0.3, -0.25) is 4.79 Å². The Morgan fingerprint density at radius 3 is 2.85 bits per heavy atom. The Labute approximate surface area is 122 Å². The molecule has 0 fully saturated rings. The first-order valence-corrected chi connectivity index (χ1v) is 7.67. The number of carbonyl (C=O) groups is 1. The summed E-state index contributed by atoms with van der Waals surface area (Å²) in [4.78, 5) is 11.1. The summed E-state index contributed by atoms with van der Waals surface area (Å²) < 4.78 is 6.81. The first kappa shape index (κ1) is 16.8. The van der Waals surface area contributed by atoms with E-state index in [4.69, 9.17) is 0 Å². The Balaban J connectivity index is 2.48. The number of aryl methyl sites for hydroxylation is 1. The maximum atomic E-state index is 11.1. The number of hydrogen-bond acceptors (Lipinski definition) is 3. The van der Waals surface area contributed by atoms with Gasteiger partial charge in [-0.05, 0) is 37.4 Å². The van der Waals surface area contributed by atoms with Crippen LogP contribution in [-0.2, 0) is 16.1 Å². The van der Waals surface area contributed by atoms with Gasteiger partial charge >= 0.3 is 5.97 Å². The van der Waals surface area contributed by atoms with Gasteiger partial charge in [0.05, 0.1) is 7.11 Å². The molecule has 20 heavy (non-hydrogen) atoms. The number of hydrogen-bond donors (Lipinski definition) is 1. The van der Waals surface area contributed by atoms with Crippen molar-refractivity contribution in [2.24, 2.45) is 0 Å². The molecular formula is C16H28N2O2. The molecule has 1 aromatic heterocycles. The van der Waals surface area contributed by atoms with Crippen LogP contribution in [0, 0.1) is 0 Å². The quantitative estimate of drug-likeness (QED) is 0.669. The molecule has 0 radical (unpaired) electrons. The molecule has 4 nitrogen and oxygen atoms in total. The number of carbonyl (C=O) groups excluding carboxylic acids is 1. The van der Waals surface area contributed by atoms with E-state index in [2.05, 4.69) is 46.9 Å². The molecule has 1 heterocycles. The van der Waals surface area contributed by atoms with Crippen molar-refractivity contribution in [2.75, 3.05) is 13.7 Å². The number of nitrogens with zero attached hydrogens (tertiary/aromatic N) is 1. The predicted molar refractivity (Wildman–Crippen MR) is 81.6 cm³/mol. The topological polar surface area (TPSA) is 43.3 Å². The van der Waals surface area contributed by atoms with Crippen molar-refractivity contribution in [3.05, 3.63) is 24.0 Å². The van der Waals surface area contributed by atoms with E-state index in [-0.39, 0.29) is 5.97 Å². The second-order valence-electron chi connectivity index (χ2n) is 5.16. The Kier molecular flexibility index (Phi) is 8.04. The van der Waals surface area contributed by atoms with E-state index >= 15 is 0 Å². The normalized spacial score (nSPS) is 12.3. The van der Waals surface area contributed by atoms with E-state index in [1.54, 1.807) is 0 Å². The van der Waals surface area contributed by atoms with E-state index in [1.165, 1.54) is 19.1 Å². The highest BCUT2D eigenvalue weighted by molar-refractivity contribution is 5.68. The molecule has 114 valence electrons. The molecule has 4 heteroatoms. The second kappa shape index (κ2) is 9.59. The molecule has 0 aliphatic rings. The van der Waals surface area contributed by atoms with Crippen LogP contribution >= 0.6 is 0 Å². The predicted octanol–water partition coefficient (Wildman–Crippen LogP) is 3.28. The van der Waals surface area contributed by atoms with Gasteiger partial charge in [0.15, 0.2) is 0 Å². The maximum Gasteiger partial charge on any atom is 0.305 e. The monoisotopic (exact) mass is 280 g/mol. The van der Waals surface area contributed by atoms with E-state index < -0.39 is 0 Å². The SMILES string of the molecule is CCCNC(CCC)c1ccn(CCCC(=O)OC)c1. The zero-order valence-corrected chi connectivity index (χ0v) is 13.0. The Morgan fingerprint density at radius 2 is 2.20 bits per heavy atom. The molecular weight excluding hydrogens is 252 g/mol. The van der Waals surface area contributed by atoms with E-state index in [9.17, 15) is 4.79 Å². The number of rotatable bonds is 10. The fraction of sp³-hybridized carbons (Fsp3) is 0.688. The summed E-state index contributed by atoms with van der Waals surface area (Å²) in [6, 6.07) is 2.63. The largest absolute Gasteiger partial charge is 0.469 e. The van der Waals surface area contributed by atoms with Crippen LogP contribution < -0.4 is 5.32 Å². The lowest BCUT2D eigenvalue weighted by molar-refractivity contribution is -0.140. The molecule has 1 aromatic rings. The molecule has 0 aliphatic carbocycles. The van der Waals surface area contributed by atoms with Crippen LogP contribution in [0.4, 0.5) is 0 Å². The highest BCUT2D eigenvalue weighted by Gasteiger charge is 2.11. The van der Waals surface area contributed by atoms with Gasteiger partial charge in [-0.15, -0.1) is 0 Å². The van der Waals surface area contributed by atoms with Crippen LogP contribution in [0.1, 0.15) is 57.6 Å². The second-order valence-corrected chi connectivity index (χ2v) is 5.16. The van der Waals surface area contributed by atoms with Gasteiger partial charge in [0.25, 0.3) is 0 Å². The van der Waals surface area contributed by atoms with E-state index in [1.807, 2.05) is 0 Å². The van der Waals surface area contributed by atoms with Crippen molar-refractivity contribution < 1.29 is 9.53 Å². The molecule has 0 amide bonds. The van der Waals surface area contributed by atoms with Crippen LogP contribution in [0.5, 0.6) is 0 Å². The zero-order valence-electron chi connectivity index (χ0n) is 13.0. The lowest BCUT2D eigenvalue weighted by atomic mass is 10.1. The van der Waals surface area contributed by atoms with Crippen molar-refractivity contribution in [2.45, 2.75) is 58.5 Å². The molecule has 0 saturated heterocycles. The average Bonchev–Trinajstić information content (AvgIpc) is 2.92. The summed E-state index contributed by atoms with van der Waals surface area (Å²) in [7, 11) is 1.44. The van der Waals surface area contributed by atoms with Crippen molar-refractivity contribution in [1.82, 2.24) is 9.88 Å². The number of ether oxygens (including phenoxy) is 1. The molecule has 0 saturated carbocycles. The molecule has 1 N–H and O–H groups in total. The summed E-state index contributed by atoms with van der Waals surface area (Å²) in [6.07, 6.45) is 9.09. The van der Waals surface area contributed by atoms with Gasteiger partial charge in [0.1, 0.15) is 0 Å². The Morgan fingerprint density at radius 1 is 1.40 bits per heavy atom. The first-order chi connectivity index (χ1) is 9.71. The molecule has 0 aliphatic heterocycles. The third kappa shape index (κ3) is 5.78. The number of methoxy groups -OCH3 is 1. The number of nitrogens with one attached hydrogen (secondary N) is 1. The average molecular weight is 280 g/mol. The lowest BCUT2D eigenvalue weighted by Gasteiger charge is -2.16. The molecule has 1 rings (SSSR count). The van der Waals surface area contributed by atoms with Gasteiger partial charge in [0, 0.05) is 31.4 Å². The summed E-state index contributed by atoms with van der Waals surface area (Å²) in [5.41, 5.74) is 1.35. The summed E-state index contributed by atoms with van der Waals surface area (Å²) in [5, 5.41) is 3.60. The number of esters is 1. The van der Waals surface area contributed by atoms with Crippen LogP contribution in [0.15, 0.2) is 18.5 Å². The fourth-order valence-electron chi connectivity index (χ4n) is 2.31. The standard InChI is InChI=1S/C16H28N2O2/c1-4-7-15(17-10-5-2)14-9-12-18(13-14)11-6-8-16(19)20-3/h9,12-13,15,17H,4-8,10-11H2,1-3H3. The molecule has 0 aromatic carbocycles. The lowest BCUT2D eigenvalue weighted by Crippen LogP contribution is -2.21. The van der Waals surface area contributed by atoms with Crippen molar-refractivity contribution in [3.8, 4) is 0 Å². The minimum absolute atomic E-state index is 0.133. The van der Waals surface area contributed by atoms with Crippen molar-refractivity contribution in [1.29, 1.82) is 0 Å². The van der Waals surface area contributed by atoms with Crippen molar-refractivity contribution in [3.63, 3.8) is 0 Å². The van der Waals surface area contributed by atoms with Crippen molar-refractivity contribution >= 4 is 5.97 Å². The first-order valence-electron chi connectivity index (χ1n) is 7.67. The highest BCUT2D eigenvalue weighted by Crippen LogP contribution is 2.19. The highest BCUT2D eigenvalue weighted by atomic mass is 16.5. The van der Waals surface area contributed by atoms with E-state index in [0.717, 1.165) is 32.4 Å². The van der Waals surface area contributed by atoms with Crippen LogP contribution in [0.25, 0.3) is 0 Å².